The highest BCUT2D eigenvalue weighted by atomic mass is 16.2. The molecule has 0 atom stereocenters. The molecule has 0 radical (unpaired) electrons. The fourth-order valence-electron chi connectivity index (χ4n) is 2.73. The average Bonchev–Trinajstić information content (AvgIpc) is 2.55. The summed E-state index contributed by atoms with van der Waals surface area (Å²) in [6.07, 6.45) is 6.30. The highest BCUT2D eigenvalue weighted by molar-refractivity contribution is 5.93. The predicted molar refractivity (Wildman–Crippen MR) is 93.5 cm³/mol. The molecule has 0 spiro atoms. The smallest absolute Gasteiger partial charge is 0.319 e. The van der Waals surface area contributed by atoms with Crippen LogP contribution in [0.4, 0.5) is 16.2 Å². The Morgan fingerprint density at radius 2 is 1.57 bits per heavy atom. The minimum absolute atomic E-state index is 0.0177. The molecule has 1 fully saturated rings. The van der Waals surface area contributed by atoms with E-state index >= 15 is 0 Å². The molecule has 0 bridgehead atoms. The van der Waals surface area contributed by atoms with E-state index in [1.165, 1.54) is 32.1 Å². The van der Waals surface area contributed by atoms with Crippen LogP contribution in [0.5, 0.6) is 0 Å². The molecular weight excluding hydrogens is 290 g/mol. The molecule has 1 saturated carbocycles. The zero-order chi connectivity index (χ0) is 16.7. The summed E-state index contributed by atoms with van der Waals surface area (Å²) in [6.45, 7) is 4.44. The first-order valence-electron chi connectivity index (χ1n) is 8.50. The number of carbonyl (C=O) groups excluding carboxylic acids is 2. The monoisotopic (exact) mass is 317 g/mol. The third kappa shape index (κ3) is 5.93. The summed E-state index contributed by atoms with van der Waals surface area (Å²) in [4.78, 5) is 23.5. The number of nitrogens with one attached hydrogen (secondary N) is 3. The quantitative estimate of drug-likeness (QED) is 0.768. The van der Waals surface area contributed by atoms with Gasteiger partial charge < -0.3 is 16.0 Å². The summed E-state index contributed by atoms with van der Waals surface area (Å²) in [5, 5.41) is 8.59. The van der Waals surface area contributed by atoms with Gasteiger partial charge in [-0.1, -0.05) is 33.1 Å². The Morgan fingerprint density at radius 3 is 2.13 bits per heavy atom. The number of carbonyl (C=O) groups is 2. The summed E-state index contributed by atoms with van der Waals surface area (Å²) < 4.78 is 0. The Hall–Kier alpha value is -2.04. The summed E-state index contributed by atoms with van der Waals surface area (Å²) in [5.41, 5.74) is 1.45. The van der Waals surface area contributed by atoms with Crippen LogP contribution >= 0.6 is 0 Å². The molecule has 1 aliphatic rings. The number of hydrogen-bond acceptors (Lipinski definition) is 2. The minimum atomic E-state index is -0.172. The van der Waals surface area contributed by atoms with Crippen molar-refractivity contribution in [2.24, 2.45) is 11.8 Å². The second kappa shape index (κ2) is 8.56. The van der Waals surface area contributed by atoms with Gasteiger partial charge in [0.1, 0.15) is 0 Å². The Morgan fingerprint density at radius 1 is 1.00 bits per heavy atom. The Balaban J connectivity index is 1.76. The Kier molecular flexibility index (Phi) is 6.44. The lowest BCUT2D eigenvalue weighted by Crippen LogP contribution is -2.33. The van der Waals surface area contributed by atoms with Gasteiger partial charge in [-0.3, -0.25) is 4.79 Å². The van der Waals surface area contributed by atoms with E-state index in [1.54, 1.807) is 24.3 Å². The maximum atomic E-state index is 11.9. The SMILES string of the molecule is CC(C)C(=O)Nc1ccc(NC(=O)NCC2CCCCC2)cc1. The molecule has 0 unspecified atom stereocenters. The Labute approximate surface area is 138 Å². The van der Waals surface area contributed by atoms with E-state index in [9.17, 15) is 9.59 Å². The van der Waals surface area contributed by atoms with E-state index in [2.05, 4.69) is 16.0 Å². The molecule has 1 aromatic rings. The van der Waals surface area contributed by atoms with Crippen LogP contribution in [0.2, 0.25) is 0 Å². The molecule has 5 nitrogen and oxygen atoms in total. The average molecular weight is 317 g/mol. The molecule has 0 heterocycles. The number of amides is 3. The molecule has 3 amide bonds. The largest absolute Gasteiger partial charge is 0.338 e. The van der Waals surface area contributed by atoms with Gasteiger partial charge in [0.25, 0.3) is 0 Å². The van der Waals surface area contributed by atoms with Gasteiger partial charge in [-0.2, -0.15) is 0 Å². The zero-order valence-electron chi connectivity index (χ0n) is 14.0. The molecule has 0 aromatic heterocycles. The molecule has 0 saturated heterocycles. The van der Waals surface area contributed by atoms with Gasteiger partial charge in [-0.15, -0.1) is 0 Å². The summed E-state index contributed by atoms with van der Waals surface area (Å²) in [7, 11) is 0. The molecule has 0 aliphatic heterocycles. The van der Waals surface area contributed by atoms with E-state index in [4.69, 9.17) is 0 Å². The van der Waals surface area contributed by atoms with Crippen molar-refractivity contribution in [3.8, 4) is 0 Å². The first-order chi connectivity index (χ1) is 11.0. The van der Waals surface area contributed by atoms with Crippen LogP contribution in [-0.4, -0.2) is 18.5 Å². The third-order valence-electron chi connectivity index (χ3n) is 4.21. The number of hydrogen-bond donors (Lipinski definition) is 3. The van der Waals surface area contributed by atoms with E-state index in [1.807, 2.05) is 13.8 Å². The van der Waals surface area contributed by atoms with Gasteiger partial charge in [0.2, 0.25) is 5.91 Å². The van der Waals surface area contributed by atoms with Gasteiger partial charge in [0.15, 0.2) is 0 Å². The first kappa shape index (κ1) is 17.3. The first-order valence-corrected chi connectivity index (χ1v) is 8.50. The second-order valence-electron chi connectivity index (χ2n) is 6.56. The predicted octanol–water partition coefficient (Wildman–Crippen LogP) is 3.98. The highest BCUT2D eigenvalue weighted by Crippen LogP contribution is 2.22. The lowest BCUT2D eigenvalue weighted by molar-refractivity contribution is -0.118. The van der Waals surface area contributed by atoms with Crippen molar-refractivity contribution < 1.29 is 9.59 Å². The van der Waals surface area contributed by atoms with E-state index in [0.717, 1.165) is 12.2 Å². The molecule has 23 heavy (non-hydrogen) atoms. The van der Waals surface area contributed by atoms with E-state index in [-0.39, 0.29) is 17.9 Å². The maximum Gasteiger partial charge on any atom is 0.319 e. The van der Waals surface area contributed by atoms with Crippen molar-refractivity contribution in [2.75, 3.05) is 17.2 Å². The molecule has 2 rings (SSSR count). The van der Waals surface area contributed by atoms with Crippen LogP contribution < -0.4 is 16.0 Å². The van der Waals surface area contributed by atoms with Gasteiger partial charge in [-0.05, 0) is 43.0 Å². The number of benzene rings is 1. The number of anilines is 2. The Bertz CT molecular complexity index is 520. The number of urea groups is 1. The normalized spacial score (nSPS) is 15.3. The van der Waals surface area contributed by atoms with Crippen molar-refractivity contribution in [1.29, 1.82) is 0 Å². The van der Waals surface area contributed by atoms with E-state index in [0.29, 0.717) is 11.6 Å². The molecule has 1 aliphatic carbocycles. The third-order valence-corrected chi connectivity index (χ3v) is 4.21. The van der Waals surface area contributed by atoms with Crippen LogP contribution in [0.3, 0.4) is 0 Å². The summed E-state index contributed by atoms with van der Waals surface area (Å²) in [5.74, 6) is 0.539. The van der Waals surface area contributed by atoms with Gasteiger partial charge in [0.05, 0.1) is 0 Å². The zero-order valence-corrected chi connectivity index (χ0v) is 14.0. The van der Waals surface area contributed by atoms with Gasteiger partial charge >= 0.3 is 6.03 Å². The molecule has 126 valence electrons. The second-order valence-corrected chi connectivity index (χ2v) is 6.56. The van der Waals surface area contributed by atoms with Gasteiger partial charge in [-0.25, -0.2) is 4.79 Å². The molecule has 3 N–H and O–H groups in total. The van der Waals surface area contributed by atoms with Crippen molar-refractivity contribution in [3.05, 3.63) is 24.3 Å². The highest BCUT2D eigenvalue weighted by Gasteiger charge is 2.14. The molecular formula is C18H27N3O2. The van der Waals surface area contributed by atoms with Crippen LogP contribution in [0.25, 0.3) is 0 Å². The van der Waals surface area contributed by atoms with Crippen LogP contribution in [0.1, 0.15) is 46.0 Å². The van der Waals surface area contributed by atoms with Crippen LogP contribution in [-0.2, 0) is 4.79 Å². The fraction of sp³-hybridized carbons (Fsp3) is 0.556. The topological polar surface area (TPSA) is 70.2 Å². The van der Waals surface area contributed by atoms with Crippen molar-refractivity contribution in [1.82, 2.24) is 5.32 Å². The fourth-order valence-corrected chi connectivity index (χ4v) is 2.73. The van der Waals surface area contributed by atoms with Crippen LogP contribution in [0, 0.1) is 11.8 Å². The maximum absolute atomic E-state index is 11.9. The lowest BCUT2D eigenvalue weighted by atomic mass is 9.89. The molecule has 1 aromatic carbocycles. The standard InChI is InChI=1S/C18H27N3O2/c1-13(2)17(22)20-15-8-10-16(11-9-15)21-18(23)19-12-14-6-4-3-5-7-14/h8-11,13-14H,3-7,12H2,1-2H3,(H,20,22)(H2,19,21,23). The van der Waals surface area contributed by atoms with Crippen molar-refractivity contribution >= 4 is 23.3 Å². The lowest BCUT2D eigenvalue weighted by Gasteiger charge is -2.21. The molecule has 5 heteroatoms. The van der Waals surface area contributed by atoms with E-state index < -0.39 is 0 Å². The summed E-state index contributed by atoms with van der Waals surface area (Å²) in [6, 6.07) is 6.98. The number of rotatable bonds is 5. The van der Waals surface area contributed by atoms with Crippen LogP contribution in [0.15, 0.2) is 24.3 Å². The van der Waals surface area contributed by atoms with Crippen molar-refractivity contribution in [3.63, 3.8) is 0 Å². The minimum Gasteiger partial charge on any atom is -0.338 e. The van der Waals surface area contributed by atoms with Gasteiger partial charge in [0, 0.05) is 23.8 Å². The summed E-state index contributed by atoms with van der Waals surface area (Å²) >= 11 is 0. The van der Waals surface area contributed by atoms with Crippen molar-refractivity contribution in [2.45, 2.75) is 46.0 Å².